The highest BCUT2D eigenvalue weighted by Gasteiger charge is 2.68. The third-order valence-corrected chi connectivity index (χ3v) is 6.55. The first-order valence-electron chi connectivity index (χ1n) is 9.01. The van der Waals surface area contributed by atoms with Crippen LogP contribution in [0.3, 0.4) is 0 Å². The van der Waals surface area contributed by atoms with Gasteiger partial charge >= 0.3 is 7.12 Å². The van der Waals surface area contributed by atoms with Crippen LogP contribution < -0.4 is 11.1 Å². The quantitative estimate of drug-likeness (QED) is 0.756. The van der Waals surface area contributed by atoms with E-state index in [9.17, 15) is 4.79 Å². The molecule has 3 saturated carbocycles. The minimum absolute atomic E-state index is 0.000256. The topological polar surface area (TPSA) is 73.6 Å². The molecule has 0 spiro atoms. The molecular weight excluding hydrogens is 291 g/mol. The predicted molar refractivity (Wildman–Crippen MR) is 90.6 cm³/mol. The van der Waals surface area contributed by atoms with Gasteiger partial charge in [-0.25, -0.2) is 0 Å². The molecule has 23 heavy (non-hydrogen) atoms. The van der Waals surface area contributed by atoms with Crippen LogP contribution in [-0.4, -0.2) is 37.2 Å². The molecule has 3 N–H and O–H groups in total. The molecule has 1 unspecified atom stereocenters. The molecule has 1 amide bonds. The zero-order valence-corrected chi connectivity index (χ0v) is 15.1. The number of amides is 1. The summed E-state index contributed by atoms with van der Waals surface area (Å²) in [5, 5.41) is 3.00. The fraction of sp³-hybridized carbons (Fsp3) is 0.941. The molecule has 1 aliphatic heterocycles. The number of hydrogen-bond donors (Lipinski definition) is 2. The van der Waals surface area contributed by atoms with Crippen molar-refractivity contribution < 1.29 is 14.1 Å². The summed E-state index contributed by atoms with van der Waals surface area (Å²) in [6.07, 6.45) is 3.28. The summed E-state index contributed by atoms with van der Waals surface area (Å²) in [6.45, 7) is 11.2. The molecule has 4 rings (SSSR count). The zero-order valence-electron chi connectivity index (χ0n) is 15.1. The van der Waals surface area contributed by atoms with E-state index in [1.165, 1.54) is 6.42 Å². The molecule has 5 atom stereocenters. The first-order valence-corrected chi connectivity index (χ1v) is 9.01. The fourth-order valence-electron chi connectivity index (χ4n) is 5.08. The van der Waals surface area contributed by atoms with Gasteiger partial charge in [-0.3, -0.25) is 4.79 Å². The van der Waals surface area contributed by atoms with Gasteiger partial charge in [-0.05, 0) is 49.4 Å². The molecule has 0 aromatic carbocycles. The van der Waals surface area contributed by atoms with Crippen LogP contribution in [0.5, 0.6) is 0 Å². The van der Waals surface area contributed by atoms with Gasteiger partial charge in [0.15, 0.2) is 0 Å². The average Bonchev–Trinajstić information content (AvgIpc) is 2.82. The van der Waals surface area contributed by atoms with Crippen molar-refractivity contribution in [1.82, 2.24) is 5.32 Å². The van der Waals surface area contributed by atoms with E-state index < -0.39 is 0 Å². The third kappa shape index (κ3) is 2.73. The smallest absolute Gasteiger partial charge is 0.404 e. The summed E-state index contributed by atoms with van der Waals surface area (Å²) in [5.74, 6) is 1.44. The molecule has 0 aromatic rings. The fourth-order valence-corrected chi connectivity index (χ4v) is 5.08. The van der Waals surface area contributed by atoms with E-state index in [0.717, 1.165) is 18.8 Å². The first kappa shape index (κ1) is 17.2. The maximum atomic E-state index is 11.8. The van der Waals surface area contributed by atoms with Crippen LogP contribution in [0, 0.1) is 23.2 Å². The van der Waals surface area contributed by atoms with Crippen LogP contribution in [0.4, 0.5) is 0 Å². The Bertz CT molecular complexity index is 484. The highest BCUT2D eigenvalue weighted by atomic mass is 16.7. The normalized spacial score (nSPS) is 38.9. The summed E-state index contributed by atoms with van der Waals surface area (Å²) >= 11 is 0. The van der Waals surface area contributed by atoms with Gasteiger partial charge in [0.2, 0.25) is 5.91 Å². The lowest BCUT2D eigenvalue weighted by Gasteiger charge is -2.64. The second-order valence-electron chi connectivity index (χ2n) is 8.84. The summed E-state index contributed by atoms with van der Waals surface area (Å²) < 4.78 is 12.8. The Kier molecular flexibility index (Phi) is 4.31. The van der Waals surface area contributed by atoms with Crippen LogP contribution >= 0.6 is 0 Å². The van der Waals surface area contributed by atoms with E-state index in [0.29, 0.717) is 17.3 Å². The van der Waals surface area contributed by atoms with Crippen molar-refractivity contribution in [2.24, 2.45) is 28.9 Å². The predicted octanol–water partition coefficient (Wildman–Crippen LogP) is 1.74. The van der Waals surface area contributed by atoms with E-state index in [1.807, 2.05) is 0 Å². The highest BCUT2D eigenvalue weighted by Crippen LogP contribution is 2.65. The second kappa shape index (κ2) is 5.75. The lowest BCUT2D eigenvalue weighted by atomic mass is 9.43. The molecule has 4 fully saturated rings. The lowest BCUT2D eigenvalue weighted by molar-refractivity contribution is -0.199. The van der Waals surface area contributed by atoms with Gasteiger partial charge in [0.25, 0.3) is 0 Å². The Morgan fingerprint density at radius 2 is 2.04 bits per heavy atom. The van der Waals surface area contributed by atoms with Gasteiger partial charge in [0.1, 0.15) is 0 Å². The Balaban J connectivity index is 1.75. The monoisotopic (exact) mass is 322 g/mol. The summed E-state index contributed by atoms with van der Waals surface area (Å²) in [4.78, 5) is 11.8. The van der Waals surface area contributed by atoms with E-state index >= 15 is 0 Å². The van der Waals surface area contributed by atoms with E-state index in [2.05, 4.69) is 39.9 Å². The van der Waals surface area contributed by atoms with Crippen molar-refractivity contribution >= 4 is 13.0 Å². The zero-order chi connectivity index (χ0) is 17.0. The van der Waals surface area contributed by atoms with Gasteiger partial charge in [0, 0.05) is 0 Å². The molecule has 130 valence electrons. The molecule has 6 heteroatoms. The van der Waals surface area contributed by atoms with Crippen LogP contribution in [0.1, 0.15) is 53.9 Å². The average molecular weight is 322 g/mol. The minimum atomic E-state index is -0.363. The molecule has 1 saturated heterocycles. The Hall–Kier alpha value is -0.585. The van der Waals surface area contributed by atoms with Crippen LogP contribution in [0.25, 0.3) is 0 Å². The lowest BCUT2D eigenvalue weighted by Crippen LogP contribution is -2.65. The third-order valence-electron chi connectivity index (χ3n) is 6.55. The van der Waals surface area contributed by atoms with E-state index in [4.69, 9.17) is 15.0 Å². The highest BCUT2D eigenvalue weighted by molar-refractivity contribution is 6.47. The van der Waals surface area contributed by atoms with Gasteiger partial charge in [-0.1, -0.05) is 27.7 Å². The van der Waals surface area contributed by atoms with E-state index in [1.54, 1.807) is 0 Å². The summed E-state index contributed by atoms with van der Waals surface area (Å²) in [7, 11) is -0.363. The molecule has 3 aliphatic carbocycles. The summed E-state index contributed by atoms with van der Waals surface area (Å²) in [5.41, 5.74) is 5.56. The largest absolute Gasteiger partial charge is 0.481 e. The van der Waals surface area contributed by atoms with Crippen molar-refractivity contribution in [3.8, 4) is 0 Å². The molecule has 5 nitrogen and oxygen atoms in total. The SMILES string of the molecule is CC(C)C[C@H](NC(=O)CN)B1O[C@@H]2C[C@@H]3CC(C3(C)C)[C@]2(C)O1. The van der Waals surface area contributed by atoms with Crippen LogP contribution in [0.2, 0.25) is 0 Å². The Labute approximate surface area is 140 Å². The molecule has 2 bridgehead atoms. The second-order valence-corrected chi connectivity index (χ2v) is 8.84. The van der Waals surface area contributed by atoms with Crippen LogP contribution in [0.15, 0.2) is 0 Å². The van der Waals surface area contributed by atoms with Gasteiger partial charge in [0.05, 0.1) is 24.2 Å². The van der Waals surface area contributed by atoms with Gasteiger partial charge < -0.3 is 20.4 Å². The number of carbonyl (C=O) groups is 1. The summed E-state index contributed by atoms with van der Waals surface area (Å²) in [6, 6.07) is 0. The number of hydrogen-bond acceptors (Lipinski definition) is 4. The van der Waals surface area contributed by atoms with Crippen molar-refractivity contribution in [2.45, 2.75) is 71.5 Å². The van der Waals surface area contributed by atoms with Crippen molar-refractivity contribution in [3.05, 3.63) is 0 Å². The number of rotatable bonds is 5. The van der Waals surface area contributed by atoms with E-state index in [-0.39, 0.29) is 37.2 Å². The standard InChI is InChI=1S/C17H31BN2O3/c1-10(2)6-14(20-15(21)9-19)18-22-13-8-11-7-12(16(11,3)4)17(13,5)23-18/h10-14H,6-9,19H2,1-5H3,(H,20,21)/t11-,12?,13+,14-,17-/m0/s1. The van der Waals surface area contributed by atoms with Crippen molar-refractivity contribution in [2.75, 3.05) is 6.54 Å². The maximum Gasteiger partial charge on any atom is 0.481 e. The first-order chi connectivity index (χ1) is 10.7. The van der Waals surface area contributed by atoms with Crippen LogP contribution in [-0.2, 0) is 14.1 Å². The number of nitrogens with two attached hydrogens (primary N) is 1. The molecule has 1 heterocycles. The minimum Gasteiger partial charge on any atom is -0.404 e. The maximum absolute atomic E-state index is 11.8. The van der Waals surface area contributed by atoms with Gasteiger partial charge in [-0.15, -0.1) is 0 Å². The molecule has 0 radical (unpaired) electrons. The Morgan fingerprint density at radius 3 is 2.61 bits per heavy atom. The Morgan fingerprint density at radius 1 is 1.35 bits per heavy atom. The molecule has 0 aromatic heterocycles. The van der Waals surface area contributed by atoms with Crippen molar-refractivity contribution in [3.63, 3.8) is 0 Å². The van der Waals surface area contributed by atoms with Gasteiger partial charge in [-0.2, -0.15) is 0 Å². The molecular formula is C17H31BN2O3. The molecule has 4 aliphatic rings. The van der Waals surface area contributed by atoms with Crippen molar-refractivity contribution in [1.29, 1.82) is 0 Å². The number of carbonyl (C=O) groups excluding carboxylic acids is 1. The number of nitrogens with one attached hydrogen (secondary N) is 1.